The van der Waals surface area contributed by atoms with E-state index in [0.29, 0.717) is 32.2 Å². The molecular weight excluding hydrogens is 535 g/mol. The average molecular weight is 559 g/mol. The van der Waals surface area contributed by atoms with E-state index in [1.807, 2.05) is 0 Å². The summed E-state index contributed by atoms with van der Waals surface area (Å²) in [6.45, 7) is 2.82. The van der Waals surface area contributed by atoms with Gasteiger partial charge in [-0.1, -0.05) is 35.3 Å². The number of amides is 5. The van der Waals surface area contributed by atoms with Crippen molar-refractivity contribution in [3.05, 3.63) is 82.7 Å². The first kappa shape index (κ1) is 27.0. The van der Waals surface area contributed by atoms with E-state index < -0.39 is 36.2 Å². The Kier molecular flexibility index (Phi) is 7.91. The van der Waals surface area contributed by atoms with Crippen LogP contribution < -0.4 is 15.6 Å². The van der Waals surface area contributed by atoms with E-state index >= 15 is 0 Å². The number of hydrogen-bond donors (Lipinski definition) is 3. The summed E-state index contributed by atoms with van der Waals surface area (Å²) in [5.74, 6) is -0.175. The van der Waals surface area contributed by atoms with Crippen LogP contribution in [-0.4, -0.2) is 57.6 Å². The Labute approximate surface area is 228 Å². The number of urea groups is 2. The lowest BCUT2D eigenvalue weighted by Crippen LogP contribution is -2.58. The van der Waals surface area contributed by atoms with Gasteiger partial charge in [0.15, 0.2) is 6.17 Å². The lowest BCUT2D eigenvalue weighted by Gasteiger charge is -2.38. The van der Waals surface area contributed by atoms with Crippen molar-refractivity contribution in [1.29, 1.82) is 0 Å². The average Bonchev–Trinajstić information content (AvgIpc) is 3.44. The molecule has 3 aromatic rings. The Balaban J connectivity index is 1.61. The first-order valence-electron chi connectivity index (χ1n) is 11.3. The molecule has 1 unspecified atom stereocenters. The molecule has 0 radical (unpaired) electrons. The Morgan fingerprint density at radius 3 is 2.50 bits per heavy atom. The Morgan fingerprint density at radius 2 is 1.84 bits per heavy atom. The molecule has 198 valence electrons. The lowest BCUT2D eigenvalue weighted by molar-refractivity contribution is -0.124. The number of carbonyl (C=O) groups is 3. The van der Waals surface area contributed by atoms with Gasteiger partial charge in [-0.25, -0.2) is 15.0 Å². The zero-order chi connectivity index (χ0) is 27.4. The van der Waals surface area contributed by atoms with Gasteiger partial charge in [0.2, 0.25) is 0 Å². The molecule has 11 nitrogen and oxygen atoms in total. The van der Waals surface area contributed by atoms with Gasteiger partial charge in [0, 0.05) is 21.4 Å². The number of nitrogens with one attached hydrogen (secondary N) is 2. The van der Waals surface area contributed by atoms with Gasteiger partial charge in [-0.2, -0.15) is 10.2 Å². The molecule has 5 amide bonds. The van der Waals surface area contributed by atoms with Crippen LogP contribution in [0, 0.1) is 0 Å². The van der Waals surface area contributed by atoms with Crippen LogP contribution in [0.2, 0.25) is 10.0 Å². The van der Waals surface area contributed by atoms with E-state index in [-0.39, 0.29) is 0 Å². The van der Waals surface area contributed by atoms with Gasteiger partial charge in [-0.05, 0) is 62.4 Å². The van der Waals surface area contributed by atoms with Crippen LogP contribution in [0.1, 0.15) is 19.6 Å². The molecule has 4 rings (SSSR count). The SMILES string of the molecule is CC1(C)C(N(O)C(=O)Nc2cccc(Cl)c2)N(c2cccc(Cl)c2)C(=O)N1CC(=O)N/N=C/c1ccco1. The number of hydrogen-bond acceptors (Lipinski definition) is 6. The zero-order valence-corrected chi connectivity index (χ0v) is 21.8. The standard InChI is InChI=1S/C25H24Cl2N6O5/c1-25(2)22(33(37)23(35)29-18-8-3-6-16(26)12-18)32(19-9-4-7-17(27)13-19)24(36)31(25)15-21(34)30-28-14-20-10-5-11-38-20/h3-14,22,37H,15H2,1-2H3,(H,29,35)(H,30,34)/b28-14+. The van der Waals surface area contributed by atoms with Gasteiger partial charge < -0.3 is 14.6 Å². The quantitative estimate of drug-likeness (QED) is 0.213. The maximum atomic E-state index is 13.7. The van der Waals surface area contributed by atoms with Gasteiger partial charge >= 0.3 is 12.1 Å². The Hall–Kier alpha value is -4.06. The van der Waals surface area contributed by atoms with Gasteiger partial charge in [0.1, 0.15) is 12.3 Å². The minimum atomic E-state index is -1.26. The predicted molar refractivity (Wildman–Crippen MR) is 142 cm³/mol. The van der Waals surface area contributed by atoms with Crippen LogP contribution in [-0.2, 0) is 4.79 Å². The molecule has 13 heteroatoms. The van der Waals surface area contributed by atoms with Crippen molar-refractivity contribution in [2.45, 2.75) is 25.6 Å². The van der Waals surface area contributed by atoms with Crippen molar-refractivity contribution >= 4 is 58.8 Å². The molecule has 38 heavy (non-hydrogen) atoms. The molecule has 0 aliphatic carbocycles. The van der Waals surface area contributed by atoms with Gasteiger partial charge in [-0.15, -0.1) is 0 Å². The summed E-state index contributed by atoms with van der Waals surface area (Å²) < 4.78 is 5.12. The monoisotopic (exact) mass is 558 g/mol. The maximum Gasteiger partial charge on any atom is 0.347 e. The molecule has 0 spiro atoms. The second kappa shape index (κ2) is 11.1. The van der Waals surface area contributed by atoms with Gasteiger partial charge in [0.05, 0.1) is 18.0 Å². The van der Waals surface area contributed by atoms with Crippen molar-refractivity contribution in [3.8, 4) is 0 Å². The number of anilines is 2. The molecule has 0 bridgehead atoms. The summed E-state index contributed by atoms with van der Waals surface area (Å²) in [6.07, 6.45) is 1.51. The number of halogens is 2. The highest BCUT2D eigenvalue weighted by Gasteiger charge is 2.56. The van der Waals surface area contributed by atoms with E-state index in [4.69, 9.17) is 27.6 Å². The first-order chi connectivity index (χ1) is 18.1. The highest BCUT2D eigenvalue weighted by atomic mass is 35.5. The van der Waals surface area contributed by atoms with Crippen molar-refractivity contribution < 1.29 is 24.0 Å². The number of nitrogens with zero attached hydrogens (tertiary/aromatic N) is 4. The van der Waals surface area contributed by atoms with Crippen molar-refractivity contribution in [2.75, 3.05) is 16.8 Å². The summed E-state index contributed by atoms with van der Waals surface area (Å²) in [6, 6.07) is 14.5. The van der Waals surface area contributed by atoms with E-state index in [9.17, 15) is 19.6 Å². The topological polar surface area (TPSA) is 131 Å². The number of benzene rings is 2. The fourth-order valence-corrected chi connectivity index (χ4v) is 4.44. The molecule has 2 aromatic carbocycles. The molecule has 1 saturated heterocycles. The van der Waals surface area contributed by atoms with Crippen LogP contribution >= 0.6 is 23.2 Å². The highest BCUT2D eigenvalue weighted by Crippen LogP contribution is 2.38. The molecule has 1 aliphatic rings. The van der Waals surface area contributed by atoms with E-state index in [0.717, 1.165) is 0 Å². The number of rotatable bonds is 7. The van der Waals surface area contributed by atoms with E-state index in [1.54, 1.807) is 62.4 Å². The molecule has 1 atom stereocenters. The third-order valence-corrected chi connectivity index (χ3v) is 6.31. The van der Waals surface area contributed by atoms with Crippen LogP contribution in [0.4, 0.5) is 21.0 Å². The fraction of sp³-hybridized carbons (Fsp3) is 0.200. The van der Waals surface area contributed by atoms with E-state index in [1.165, 1.54) is 34.4 Å². The number of carbonyl (C=O) groups excluding carboxylic acids is 3. The third kappa shape index (κ3) is 5.75. The lowest BCUT2D eigenvalue weighted by atomic mass is 9.99. The summed E-state index contributed by atoms with van der Waals surface area (Å²) in [5.41, 5.74) is 1.73. The van der Waals surface area contributed by atoms with Crippen molar-refractivity contribution in [3.63, 3.8) is 0 Å². The summed E-state index contributed by atoms with van der Waals surface area (Å²) >= 11 is 12.2. The van der Waals surface area contributed by atoms with Crippen LogP contribution in [0.3, 0.4) is 0 Å². The molecule has 1 aromatic heterocycles. The minimum Gasteiger partial charge on any atom is -0.463 e. The summed E-state index contributed by atoms with van der Waals surface area (Å²) in [4.78, 5) is 41.8. The highest BCUT2D eigenvalue weighted by molar-refractivity contribution is 6.31. The zero-order valence-electron chi connectivity index (χ0n) is 20.3. The predicted octanol–water partition coefficient (Wildman–Crippen LogP) is 5.01. The van der Waals surface area contributed by atoms with Crippen molar-refractivity contribution in [2.24, 2.45) is 5.10 Å². The molecule has 0 saturated carbocycles. The largest absolute Gasteiger partial charge is 0.463 e. The Morgan fingerprint density at radius 1 is 1.13 bits per heavy atom. The summed E-state index contributed by atoms with van der Waals surface area (Å²) in [7, 11) is 0. The number of hydroxylamine groups is 2. The molecule has 1 aliphatic heterocycles. The normalized spacial score (nSPS) is 16.7. The minimum absolute atomic E-state index is 0.314. The first-order valence-corrected chi connectivity index (χ1v) is 12.1. The maximum absolute atomic E-state index is 13.7. The van der Waals surface area contributed by atoms with Crippen LogP contribution in [0.5, 0.6) is 0 Å². The molecule has 1 fully saturated rings. The number of furan rings is 1. The summed E-state index contributed by atoms with van der Waals surface area (Å²) in [5, 5.41) is 18.6. The van der Waals surface area contributed by atoms with Crippen LogP contribution in [0.25, 0.3) is 0 Å². The Bertz CT molecular complexity index is 1360. The van der Waals surface area contributed by atoms with Crippen molar-refractivity contribution in [1.82, 2.24) is 15.4 Å². The second-order valence-corrected chi connectivity index (χ2v) is 9.71. The van der Waals surface area contributed by atoms with E-state index in [2.05, 4.69) is 15.8 Å². The van der Waals surface area contributed by atoms with Gasteiger partial charge in [-0.3, -0.25) is 14.9 Å². The molecule has 2 heterocycles. The third-order valence-electron chi connectivity index (χ3n) is 5.84. The number of hydrazone groups is 1. The van der Waals surface area contributed by atoms with Gasteiger partial charge in [0.25, 0.3) is 5.91 Å². The smallest absolute Gasteiger partial charge is 0.347 e. The molecule has 3 N–H and O–H groups in total. The molecular formula is C25H24Cl2N6O5. The second-order valence-electron chi connectivity index (χ2n) is 8.84. The van der Waals surface area contributed by atoms with Crippen LogP contribution in [0.15, 0.2) is 76.4 Å². The fourth-order valence-electron chi connectivity index (χ4n) is 4.06.